The van der Waals surface area contributed by atoms with Crippen LogP contribution in [0.2, 0.25) is 0 Å². The minimum Gasteiger partial charge on any atom is -0.354 e. The molecule has 0 aromatic heterocycles. The van der Waals surface area contributed by atoms with Crippen molar-refractivity contribution >= 4 is 11.7 Å². The summed E-state index contributed by atoms with van der Waals surface area (Å²) in [5.74, 6) is 0.112. The van der Waals surface area contributed by atoms with Gasteiger partial charge in [0.2, 0.25) is 5.91 Å². The number of nitrogens with one attached hydrogen (secondary N) is 1. The summed E-state index contributed by atoms with van der Waals surface area (Å²) >= 11 is 0. The maximum Gasteiger partial charge on any atom is 0.220 e. The summed E-state index contributed by atoms with van der Waals surface area (Å²) in [6, 6.07) is 0.161. The van der Waals surface area contributed by atoms with Gasteiger partial charge in [-0.15, -0.1) is 0 Å². The average Bonchev–Trinajstić information content (AvgIpc) is 2.16. The van der Waals surface area contributed by atoms with Gasteiger partial charge in [0.05, 0.1) is 0 Å². The molecule has 0 aliphatic heterocycles. The summed E-state index contributed by atoms with van der Waals surface area (Å²) in [7, 11) is 0. The van der Waals surface area contributed by atoms with E-state index in [-0.39, 0.29) is 17.7 Å². The molecule has 0 atom stereocenters. The number of rotatable bonds is 5. The largest absolute Gasteiger partial charge is 0.354 e. The van der Waals surface area contributed by atoms with Gasteiger partial charge in [0, 0.05) is 25.3 Å². The molecule has 3 heteroatoms. The molecule has 0 aromatic carbocycles. The monoisotopic (exact) mass is 201 g/mol. The van der Waals surface area contributed by atoms with Crippen molar-refractivity contribution in [2.24, 2.45) is 0 Å². The Morgan fingerprint density at radius 2 is 1.64 bits per heavy atom. The Hall–Kier alpha value is -0.860. The quantitative estimate of drug-likeness (QED) is 0.742. The molecular formula is C11H23NO2. The van der Waals surface area contributed by atoms with Gasteiger partial charge >= 0.3 is 0 Å². The van der Waals surface area contributed by atoms with E-state index in [9.17, 15) is 9.59 Å². The molecule has 0 saturated carbocycles. The zero-order valence-electron chi connectivity index (χ0n) is 10.0. The van der Waals surface area contributed by atoms with Crippen molar-refractivity contribution < 1.29 is 9.59 Å². The molecule has 14 heavy (non-hydrogen) atoms. The van der Waals surface area contributed by atoms with Crippen LogP contribution < -0.4 is 5.32 Å². The van der Waals surface area contributed by atoms with Crippen molar-refractivity contribution in [3.8, 4) is 0 Å². The van der Waals surface area contributed by atoms with Gasteiger partial charge in [-0.2, -0.15) is 0 Å². The third-order valence-electron chi connectivity index (χ3n) is 1.47. The van der Waals surface area contributed by atoms with E-state index in [4.69, 9.17) is 0 Å². The van der Waals surface area contributed by atoms with Crippen molar-refractivity contribution in [2.75, 3.05) is 0 Å². The summed E-state index contributed by atoms with van der Waals surface area (Å²) in [5.41, 5.74) is 0. The number of hydrogen-bond donors (Lipinski definition) is 1. The zero-order valence-corrected chi connectivity index (χ0v) is 10.0. The van der Waals surface area contributed by atoms with Gasteiger partial charge in [-0.25, -0.2) is 0 Å². The molecule has 1 amide bonds. The second-order valence-electron chi connectivity index (χ2n) is 3.11. The van der Waals surface area contributed by atoms with E-state index in [0.717, 1.165) is 0 Å². The summed E-state index contributed by atoms with van der Waals surface area (Å²) in [6.45, 7) is 9.61. The average molecular weight is 201 g/mol. The fourth-order valence-corrected chi connectivity index (χ4v) is 0.824. The molecule has 1 N–H and O–H groups in total. The smallest absolute Gasteiger partial charge is 0.220 e. The third-order valence-corrected chi connectivity index (χ3v) is 1.47. The molecule has 84 valence electrons. The first kappa shape index (κ1) is 15.6. The lowest BCUT2D eigenvalue weighted by Crippen LogP contribution is -2.30. The number of hydrogen-bond acceptors (Lipinski definition) is 2. The van der Waals surface area contributed by atoms with E-state index < -0.39 is 0 Å². The van der Waals surface area contributed by atoms with E-state index in [1.165, 1.54) is 0 Å². The Morgan fingerprint density at radius 3 is 2.00 bits per heavy atom. The fourth-order valence-electron chi connectivity index (χ4n) is 0.824. The molecule has 0 aliphatic carbocycles. The SMILES string of the molecule is CC.CCC(=O)CCC(=O)NC(C)C. The van der Waals surface area contributed by atoms with Crippen LogP contribution in [-0.2, 0) is 9.59 Å². The third kappa shape index (κ3) is 11.1. The summed E-state index contributed by atoms with van der Waals surface area (Å²) in [6.07, 6.45) is 1.22. The van der Waals surface area contributed by atoms with Crippen LogP contribution in [0.4, 0.5) is 0 Å². The summed E-state index contributed by atoms with van der Waals surface area (Å²) in [5, 5.41) is 2.73. The molecule has 0 saturated heterocycles. The van der Waals surface area contributed by atoms with Gasteiger partial charge in [0.15, 0.2) is 0 Å². The minimum atomic E-state index is -0.0354. The maximum atomic E-state index is 11.0. The number of ketones is 1. The molecular weight excluding hydrogens is 178 g/mol. The molecule has 0 rings (SSSR count). The molecule has 0 heterocycles. The molecule has 0 aliphatic rings. The second-order valence-corrected chi connectivity index (χ2v) is 3.11. The fraction of sp³-hybridized carbons (Fsp3) is 0.818. The first-order chi connectivity index (χ1) is 6.56. The van der Waals surface area contributed by atoms with E-state index in [0.29, 0.717) is 19.3 Å². The van der Waals surface area contributed by atoms with E-state index in [1.54, 1.807) is 0 Å². The summed E-state index contributed by atoms with van der Waals surface area (Å²) in [4.78, 5) is 21.8. The molecule has 0 bridgehead atoms. The predicted octanol–water partition coefficient (Wildman–Crippen LogP) is 2.30. The van der Waals surface area contributed by atoms with Gasteiger partial charge in [-0.05, 0) is 13.8 Å². The number of amides is 1. The van der Waals surface area contributed by atoms with E-state index in [1.807, 2.05) is 34.6 Å². The highest BCUT2D eigenvalue weighted by Gasteiger charge is 2.05. The number of Topliss-reactive ketones (excluding diaryl/α,β-unsaturated/α-hetero) is 1. The topological polar surface area (TPSA) is 46.2 Å². The van der Waals surface area contributed by atoms with Crippen LogP contribution in [0.5, 0.6) is 0 Å². The van der Waals surface area contributed by atoms with Gasteiger partial charge in [-0.1, -0.05) is 20.8 Å². The first-order valence-corrected chi connectivity index (χ1v) is 5.37. The Morgan fingerprint density at radius 1 is 1.14 bits per heavy atom. The highest BCUT2D eigenvalue weighted by atomic mass is 16.2. The molecule has 0 spiro atoms. The highest BCUT2D eigenvalue weighted by Crippen LogP contribution is 1.94. The van der Waals surface area contributed by atoms with Gasteiger partial charge in [0.1, 0.15) is 5.78 Å². The normalized spacial score (nSPS) is 9.00. The van der Waals surface area contributed by atoms with Crippen molar-refractivity contribution in [2.45, 2.75) is 59.9 Å². The van der Waals surface area contributed by atoms with Crippen LogP contribution in [-0.4, -0.2) is 17.7 Å². The van der Waals surface area contributed by atoms with Crippen LogP contribution in [0.15, 0.2) is 0 Å². The Kier molecular flexibility index (Phi) is 11.4. The van der Waals surface area contributed by atoms with Crippen molar-refractivity contribution in [3.05, 3.63) is 0 Å². The molecule has 0 aromatic rings. The Balaban J connectivity index is 0. The van der Waals surface area contributed by atoms with Crippen molar-refractivity contribution in [1.82, 2.24) is 5.32 Å². The molecule has 3 nitrogen and oxygen atoms in total. The summed E-state index contributed by atoms with van der Waals surface area (Å²) < 4.78 is 0. The van der Waals surface area contributed by atoms with Crippen LogP contribution in [0.25, 0.3) is 0 Å². The Labute approximate surface area is 87.3 Å². The lowest BCUT2D eigenvalue weighted by molar-refractivity contribution is -0.125. The number of carbonyl (C=O) groups is 2. The molecule has 0 radical (unpaired) electrons. The van der Waals surface area contributed by atoms with Gasteiger partial charge < -0.3 is 5.32 Å². The second kappa shape index (κ2) is 10.2. The minimum absolute atomic E-state index is 0.0354. The standard InChI is InChI=1S/C9H17NO2.C2H6/c1-4-8(11)5-6-9(12)10-7(2)3;1-2/h7H,4-6H2,1-3H3,(H,10,12);1-2H3. The van der Waals surface area contributed by atoms with E-state index >= 15 is 0 Å². The van der Waals surface area contributed by atoms with Gasteiger partial charge in [0.25, 0.3) is 0 Å². The van der Waals surface area contributed by atoms with Crippen LogP contribution in [0.3, 0.4) is 0 Å². The van der Waals surface area contributed by atoms with Crippen molar-refractivity contribution in [3.63, 3.8) is 0 Å². The van der Waals surface area contributed by atoms with Crippen molar-refractivity contribution in [1.29, 1.82) is 0 Å². The zero-order chi connectivity index (χ0) is 11.6. The van der Waals surface area contributed by atoms with E-state index in [2.05, 4.69) is 5.32 Å². The molecule has 0 unspecified atom stereocenters. The maximum absolute atomic E-state index is 11.0. The lowest BCUT2D eigenvalue weighted by Gasteiger charge is -2.06. The van der Waals surface area contributed by atoms with Crippen LogP contribution in [0.1, 0.15) is 53.9 Å². The van der Waals surface area contributed by atoms with Crippen LogP contribution in [0, 0.1) is 0 Å². The number of carbonyl (C=O) groups excluding carboxylic acids is 2. The highest BCUT2D eigenvalue weighted by molar-refractivity contribution is 5.84. The Bertz CT molecular complexity index is 165. The first-order valence-electron chi connectivity index (χ1n) is 5.37. The van der Waals surface area contributed by atoms with Gasteiger partial charge in [-0.3, -0.25) is 9.59 Å². The lowest BCUT2D eigenvalue weighted by atomic mass is 10.2. The predicted molar refractivity (Wildman–Crippen MR) is 59.2 cm³/mol. The van der Waals surface area contributed by atoms with Crippen LogP contribution >= 0.6 is 0 Å². The molecule has 0 fully saturated rings.